The molecule has 5 rings (SSSR count). The zero-order valence-corrected chi connectivity index (χ0v) is 18.3. The van der Waals surface area contributed by atoms with Gasteiger partial charge in [-0.25, -0.2) is 19.9 Å². The van der Waals surface area contributed by atoms with E-state index in [-0.39, 0.29) is 0 Å². The fraction of sp³-hybridized carbons (Fsp3) is 0.250. The van der Waals surface area contributed by atoms with Crippen LogP contribution in [0.2, 0.25) is 0 Å². The number of fused-ring (bicyclic) bond motifs is 1. The summed E-state index contributed by atoms with van der Waals surface area (Å²) in [6.45, 7) is 10.4. The molecular weight excluding hydrogens is 400 g/mol. The van der Waals surface area contributed by atoms with E-state index in [0.717, 1.165) is 64.0 Å². The number of aromatic nitrogens is 5. The van der Waals surface area contributed by atoms with E-state index in [2.05, 4.69) is 78.2 Å². The molecule has 1 saturated heterocycles. The minimum atomic E-state index is 0.630. The smallest absolute Gasteiger partial charge is 0.181 e. The predicted octanol–water partition coefficient (Wildman–Crippen LogP) is 4.75. The van der Waals surface area contributed by atoms with E-state index in [0.29, 0.717) is 5.65 Å². The summed E-state index contributed by atoms with van der Waals surface area (Å²) in [6.07, 6.45) is 7.45. The van der Waals surface area contributed by atoms with Crippen LogP contribution in [0.5, 0.6) is 0 Å². The number of aryl methyl sites for hydroxylation is 2. The minimum Gasteiger partial charge on any atom is -0.359 e. The second-order valence-corrected chi connectivity index (χ2v) is 8.15. The van der Waals surface area contributed by atoms with Crippen LogP contribution >= 0.6 is 0 Å². The molecule has 1 aromatic carbocycles. The van der Waals surface area contributed by atoms with Gasteiger partial charge in [-0.1, -0.05) is 12.6 Å². The van der Waals surface area contributed by atoms with Crippen molar-refractivity contribution in [3.05, 3.63) is 66.6 Å². The second-order valence-electron chi connectivity index (χ2n) is 8.15. The Labute approximate surface area is 186 Å². The Balaban J connectivity index is 1.48. The molecule has 0 radical (unpaired) electrons. The molecule has 0 unspecified atom stereocenters. The molecule has 0 bridgehead atoms. The summed E-state index contributed by atoms with van der Waals surface area (Å²) in [6, 6.07) is 8.33. The number of rotatable bonds is 6. The van der Waals surface area contributed by atoms with Gasteiger partial charge < -0.3 is 20.5 Å². The van der Waals surface area contributed by atoms with Crippen molar-refractivity contribution in [1.29, 1.82) is 0 Å². The van der Waals surface area contributed by atoms with E-state index in [4.69, 9.17) is 0 Å². The molecule has 1 fully saturated rings. The zero-order valence-electron chi connectivity index (χ0n) is 18.3. The summed E-state index contributed by atoms with van der Waals surface area (Å²) in [5.74, 6) is 1.66. The van der Waals surface area contributed by atoms with E-state index < -0.39 is 0 Å². The minimum absolute atomic E-state index is 0.630. The lowest BCUT2D eigenvalue weighted by atomic mass is 10.1. The van der Waals surface area contributed by atoms with Crippen LogP contribution in [0.3, 0.4) is 0 Å². The quantitative estimate of drug-likeness (QED) is 0.409. The topological polar surface area (TPSA) is 94.6 Å². The van der Waals surface area contributed by atoms with E-state index in [1.807, 2.05) is 13.1 Å². The number of benzene rings is 1. The highest BCUT2D eigenvalue weighted by atomic mass is 15.2. The van der Waals surface area contributed by atoms with Crippen molar-refractivity contribution in [3.63, 3.8) is 0 Å². The Morgan fingerprint density at radius 2 is 1.91 bits per heavy atom. The van der Waals surface area contributed by atoms with Gasteiger partial charge in [-0.3, -0.25) is 0 Å². The molecular formula is C24H26N8. The summed E-state index contributed by atoms with van der Waals surface area (Å²) >= 11 is 0. The molecule has 1 aliphatic rings. The third kappa shape index (κ3) is 3.87. The van der Waals surface area contributed by atoms with Crippen LogP contribution in [0.25, 0.3) is 22.4 Å². The van der Waals surface area contributed by atoms with Crippen LogP contribution in [0, 0.1) is 13.8 Å². The van der Waals surface area contributed by atoms with Crippen LogP contribution in [0.15, 0.2) is 55.5 Å². The highest BCUT2D eigenvalue weighted by molar-refractivity contribution is 5.91. The maximum atomic E-state index is 4.68. The number of aromatic amines is 1. The predicted molar refractivity (Wildman–Crippen MR) is 128 cm³/mol. The number of hydrogen-bond acceptors (Lipinski definition) is 7. The number of H-pyrrole nitrogens is 1. The summed E-state index contributed by atoms with van der Waals surface area (Å²) in [7, 11) is 0. The van der Waals surface area contributed by atoms with Gasteiger partial charge in [0.05, 0.1) is 12.1 Å². The van der Waals surface area contributed by atoms with Gasteiger partial charge in [0, 0.05) is 36.2 Å². The maximum absolute atomic E-state index is 4.68. The molecule has 0 saturated carbocycles. The number of hydrogen-bond donors (Lipinski definition) is 3. The average Bonchev–Trinajstić information content (AvgIpc) is 3.49. The van der Waals surface area contributed by atoms with Crippen molar-refractivity contribution < 1.29 is 0 Å². The molecule has 3 N–H and O–H groups in total. The maximum Gasteiger partial charge on any atom is 0.181 e. The first kappa shape index (κ1) is 20.0. The molecule has 3 aromatic heterocycles. The van der Waals surface area contributed by atoms with Gasteiger partial charge in [-0.2, -0.15) is 0 Å². The van der Waals surface area contributed by atoms with E-state index >= 15 is 0 Å². The van der Waals surface area contributed by atoms with Crippen molar-refractivity contribution in [3.8, 4) is 11.3 Å². The Morgan fingerprint density at radius 1 is 1.06 bits per heavy atom. The van der Waals surface area contributed by atoms with E-state index in [9.17, 15) is 0 Å². The SMILES string of the molecule is C=C(Nc1ccc(C)c(Nc2ncc(C)cc2-c2ncnc3nc[nH]c23)c1)N1CCCC1. The van der Waals surface area contributed by atoms with Crippen molar-refractivity contribution in [2.45, 2.75) is 26.7 Å². The summed E-state index contributed by atoms with van der Waals surface area (Å²) < 4.78 is 0. The molecule has 162 valence electrons. The fourth-order valence-electron chi connectivity index (χ4n) is 4.01. The molecule has 32 heavy (non-hydrogen) atoms. The summed E-state index contributed by atoms with van der Waals surface area (Å²) in [5, 5.41) is 6.97. The number of anilines is 3. The zero-order chi connectivity index (χ0) is 22.1. The highest BCUT2D eigenvalue weighted by Crippen LogP contribution is 2.33. The molecule has 0 atom stereocenters. The van der Waals surface area contributed by atoms with Gasteiger partial charge in [0.1, 0.15) is 23.4 Å². The molecule has 0 aliphatic carbocycles. The molecule has 0 amide bonds. The van der Waals surface area contributed by atoms with Crippen LogP contribution < -0.4 is 10.6 Å². The monoisotopic (exact) mass is 426 g/mol. The highest BCUT2D eigenvalue weighted by Gasteiger charge is 2.16. The van der Waals surface area contributed by atoms with Gasteiger partial charge in [0.25, 0.3) is 0 Å². The third-order valence-electron chi connectivity index (χ3n) is 5.77. The lowest BCUT2D eigenvalue weighted by Crippen LogP contribution is -2.22. The lowest BCUT2D eigenvalue weighted by molar-refractivity contribution is 0.433. The lowest BCUT2D eigenvalue weighted by Gasteiger charge is -2.22. The van der Waals surface area contributed by atoms with Crippen molar-refractivity contribution in [2.75, 3.05) is 23.7 Å². The van der Waals surface area contributed by atoms with Gasteiger partial charge in [-0.05, 0) is 56.0 Å². The first-order chi connectivity index (χ1) is 15.6. The van der Waals surface area contributed by atoms with E-state index in [1.54, 1.807) is 6.33 Å². The fourth-order valence-corrected chi connectivity index (χ4v) is 4.01. The van der Waals surface area contributed by atoms with Gasteiger partial charge in [0.15, 0.2) is 5.65 Å². The molecule has 0 spiro atoms. The van der Waals surface area contributed by atoms with Gasteiger partial charge in [0.2, 0.25) is 0 Å². The Hall–Kier alpha value is -3.94. The van der Waals surface area contributed by atoms with Crippen molar-refractivity contribution in [1.82, 2.24) is 29.8 Å². The molecule has 8 nitrogen and oxygen atoms in total. The molecule has 8 heteroatoms. The third-order valence-corrected chi connectivity index (χ3v) is 5.77. The van der Waals surface area contributed by atoms with E-state index in [1.165, 1.54) is 19.2 Å². The second kappa shape index (κ2) is 8.30. The summed E-state index contributed by atoms with van der Waals surface area (Å²) in [5.41, 5.74) is 7.19. The Morgan fingerprint density at radius 3 is 2.75 bits per heavy atom. The number of nitrogens with zero attached hydrogens (tertiary/aromatic N) is 5. The van der Waals surface area contributed by atoms with Gasteiger partial charge >= 0.3 is 0 Å². The van der Waals surface area contributed by atoms with Crippen molar-refractivity contribution >= 4 is 28.4 Å². The number of nitrogens with one attached hydrogen (secondary N) is 3. The van der Waals surface area contributed by atoms with Crippen LogP contribution in [0.1, 0.15) is 24.0 Å². The van der Waals surface area contributed by atoms with Gasteiger partial charge in [-0.15, -0.1) is 0 Å². The average molecular weight is 427 g/mol. The first-order valence-corrected chi connectivity index (χ1v) is 10.8. The largest absolute Gasteiger partial charge is 0.359 e. The van der Waals surface area contributed by atoms with Crippen LogP contribution in [-0.4, -0.2) is 42.9 Å². The normalized spacial score (nSPS) is 13.5. The van der Waals surface area contributed by atoms with Crippen molar-refractivity contribution in [2.24, 2.45) is 0 Å². The van der Waals surface area contributed by atoms with Crippen LogP contribution in [-0.2, 0) is 0 Å². The Bertz CT molecular complexity index is 1290. The summed E-state index contributed by atoms with van der Waals surface area (Å²) in [4.78, 5) is 23.1. The molecule has 4 heterocycles. The number of likely N-dealkylation sites (tertiary alicyclic amines) is 1. The van der Waals surface area contributed by atoms with Crippen LogP contribution in [0.4, 0.5) is 17.2 Å². The molecule has 4 aromatic rings. The Kier molecular flexibility index (Phi) is 5.18. The first-order valence-electron chi connectivity index (χ1n) is 10.8. The molecule has 1 aliphatic heterocycles. The number of pyridine rings is 1. The number of imidazole rings is 1. The standard InChI is InChI=1S/C24H26N8/c1-15-10-19(21-22-24(28-13-26-21)29-14-27-22)23(25-12-15)31-20-11-18(7-6-16(20)2)30-17(3)32-8-4-5-9-32/h6-7,10-14,30H,3-5,8-9H2,1-2H3,(H,25,31)(H,26,27,28,29).